The van der Waals surface area contributed by atoms with E-state index in [9.17, 15) is 14.0 Å². The molecule has 0 unspecified atom stereocenters. The molecule has 1 aromatic carbocycles. The van der Waals surface area contributed by atoms with Crippen molar-refractivity contribution < 1.29 is 14.0 Å². The van der Waals surface area contributed by atoms with Gasteiger partial charge in [0, 0.05) is 29.8 Å². The van der Waals surface area contributed by atoms with E-state index >= 15 is 0 Å². The third-order valence-corrected chi connectivity index (χ3v) is 4.01. The number of ketones is 1. The summed E-state index contributed by atoms with van der Waals surface area (Å²) in [5, 5.41) is 2.37. The van der Waals surface area contributed by atoms with Crippen molar-refractivity contribution in [2.24, 2.45) is 0 Å². The molecule has 0 spiro atoms. The van der Waals surface area contributed by atoms with Crippen LogP contribution in [0.3, 0.4) is 0 Å². The lowest BCUT2D eigenvalue weighted by atomic mass is 10.0. The fourth-order valence-corrected chi connectivity index (χ4v) is 2.56. The van der Waals surface area contributed by atoms with Crippen molar-refractivity contribution in [1.29, 1.82) is 0 Å². The average Bonchev–Trinajstić information content (AvgIpc) is 3.09. The van der Waals surface area contributed by atoms with Crippen molar-refractivity contribution in [3.8, 4) is 0 Å². The van der Waals surface area contributed by atoms with Gasteiger partial charge in [0.15, 0.2) is 11.6 Å². The maximum atomic E-state index is 14.1. The van der Waals surface area contributed by atoms with E-state index in [1.807, 2.05) is 0 Å². The number of hydrogen-bond acceptors (Lipinski definition) is 3. The van der Waals surface area contributed by atoms with Gasteiger partial charge in [0.05, 0.1) is 15.6 Å². The Morgan fingerprint density at radius 1 is 1.08 bits per heavy atom. The van der Waals surface area contributed by atoms with Crippen molar-refractivity contribution in [3.05, 3.63) is 81.6 Å². The minimum Gasteiger partial charge on any atom is -0.356 e. The molecular formula is C17H10Cl2FN3O2. The molecule has 0 saturated carbocycles. The predicted octanol–water partition coefficient (Wildman–Crippen LogP) is 4.34. The van der Waals surface area contributed by atoms with Crippen molar-refractivity contribution in [3.63, 3.8) is 0 Å². The lowest BCUT2D eigenvalue weighted by Crippen LogP contribution is -2.12. The molecule has 126 valence electrons. The van der Waals surface area contributed by atoms with Gasteiger partial charge in [-0.15, -0.1) is 0 Å². The first kappa shape index (κ1) is 17.1. The molecule has 3 aromatic rings. The van der Waals surface area contributed by atoms with Gasteiger partial charge in [-0.05, 0) is 30.3 Å². The number of pyridine rings is 1. The molecular weight excluding hydrogens is 368 g/mol. The topological polar surface area (TPSA) is 74.8 Å². The Balaban J connectivity index is 1.85. The normalized spacial score (nSPS) is 10.5. The number of aromatic nitrogens is 2. The minimum absolute atomic E-state index is 0.0594. The molecule has 0 atom stereocenters. The standard InChI is InChI=1S/C17H10Cl2FN3O2/c18-11-1-2-12(19)15(20)14(11)16(24)9-7-13(22-8-9)17(25)23-10-3-5-21-6-4-10/h1-8,22H,(H,21,23,25). The van der Waals surface area contributed by atoms with Crippen molar-refractivity contribution in [1.82, 2.24) is 9.97 Å². The Morgan fingerprint density at radius 2 is 1.76 bits per heavy atom. The van der Waals surface area contributed by atoms with Gasteiger partial charge >= 0.3 is 0 Å². The number of benzene rings is 1. The highest BCUT2D eigenvalue weighted by Crippen LogP contribution is 2.28. The zero-order valence-electron chi connectivity index (χ0n) is 12.5. The molecule has 0 aliphatic rings. The van der Waals surface area contributed by atoms with Crippen LogP contribution < -0.4 is 5.32 Å². The summed E-state index contributed by atoms with van der Waals surface area (Å²) >= 11 is 11.6. The Morgan fingerprint density at radius 3 is 2.48 bits per heavy atom. The Bertz CT molecular complexity index is 958. The summed E-state index contributed by atoms with van der Waals surface area (Å²) in [6, 6.07) is 7.15. The van der Waals surface area contributed by atoms with E-state index in [-0.39, 0.29) is 26.9 Å². The van der Waals surface area contributed by atoms with Gasteiger partial charge in [-0.25, -0.2) is 4.39 Å². The van der Waals surface area contributed by atoms with Crippen LogP contribution in [0, 0.1) is 5.82 Å². The summed E-state index contributed by atoms with van der Waals surface area (Å²) < 4.78 is 14.1. The number of nitrogens with one attached hydrogen (secondary N) is 2. The number of H-pyrrole nitrogens is 1. The van der Waals surface area contributed by atoms with Crippen molar-refractivity contribution in [2.45, 2.75) is 0 Å². The number of halogens is 3. The van der Waals surface area contributed by atoms with Gasteiger partial charge in [0.2, 0.25) is 0 Å². The number of nitrogens with zero attached hydrogens (tertiary/aromatic N) is 1. The van der Waals surface area contributed by atoms with Gasteiger partial charge in [-0.3, -0.25) is 14.6 Å². The minimum atomic E-state index is -0.900. The molecule has 8 heteroatoms. The second-order valence-electron chi connectivity index (χ2n) is 5.04. The van der Waals surface area contributed by atoms with E-state index < -0.39 is 17.5 Å². The molecule has 3 rings (SSSR count). The molecule has 0 aliphatic heterocycles. The van der Waals surface area contributed by atoms with Crippen LogP contribution in [0.2, 0.25) is 10.0 Å². The monoisotopic (exact) mass is 377 g/mol. The summed E-state index contributed by atoms with van der Waals surface area (Å²) in [7, 11) is 0. The second kappa shape index (κ2) is 7.04. The molecule has 2 N–H and O–H groups in total. The molecule has 2 aromatic heterocycles. The van der Waals surface area contributed by atoms with Gasteiger partial charge in [-0.2, -0.15) is 0 Å². The first-order valence-corrected chi connectivity index (χ1v) is 7.81. The van der Waals surface area contributed by atoms with Gasteiger partial charge in [0.25, 0.3) is 5.91 Å². The molecule has 0 saturated heterocycles. The largest absolute Gasteiger partial charge is 0.356 e. The van der Waals surface area contributed by atoms with Crippen LogP contribution in [0.1, 0.15) is 26.4 Å². The third-order valence-electron chi connectivity index (χ3n) is 3.40. The highest BCUT2D eigenvalue weighted by Gasteiger charge is 2.22. The summed E-state index contributed by atoms with van der Waals surface area (Å²) in [5.74, 6) is -2.03. The lowest BCUT2D eigenvalue weighted by Gasteiger charge is -2.05. The SMILES string of the molecule is O=C(Nc1ccncc1)c1cc(C(=O)c2c(Cl)ccc(Cl)c2F)c[nH]1. The lowest BCUT2D eigenvalue weighted by molar-refractivity contribution is 0.102. The molecule has 1 amide bonds. The highest BCUT2D eigenvalue weighted by atomic mass is 35.5. The molecule has 25 heavy (non-hydrogen) atoms. The van der Waals surface area contributed by atoms with Crippen molar-refractivity contribution in [2.75, 3.05) is 5.32 Å². The van der Waals surface area contributed by atoms with Crippen LogP contribution in [-0.4, -0.2) is 21.7 Å². The maximum Gasteiger partial charge on any atom is 0.272 e. The molecule has 5 nitrogen and oxygen atoms in total. The van der Waals surface area contributed by atoms with E-state index in [4.69, 9.17) is 23.2 Å². The predicted molar refractivity (Wildman–Crippen MR) is 92.8 cm³/mol. The molecule has 2 heterocycles. The summed E-state index contributed by atoms with van der Waals surface area (Å²) in [6.07, 6.45) is 4.37. The van der Waals surface area contributed by atoms with Crippen LogP contribution in [0.25, 0.3) is 0 Å². The number of hydrogen-bond donors (Lipinski definition) is 2. The second-order valence-corrected chi connectivity index (χ2v) is 5.85. The first-order chi connectivity index (χ1) is 12.0. The van der Waals surface area contributed by atoms with Gasteiger partial charge in [0.1, 0.15) is 5.69 Å². The average molecular weight is 378 g/mol. The number of carbonyl (C=O) groups excluding carboxylic acids is 2. The number of carbonyl (C=O) groups is 2. The maximum absolute atomic E-state index is 14.1. The van der Waals surface area contributed by atoms with Crippen LogP contribution >= 0.6 is 23.2 Å². The molecule has 0 radical (unpaired) electrons. The first-order valence-electron chi connectivity index (χ1n) is 7.05. The Kier molecular flexibility index (Phi) is 4.83. The number of anilines is 1. The van der Waals surface area contributed by atoms with Gasteiger partial charge < -0.3 is 10.3 Å². The zero-order valence-corrected chi connectivity index (χ0v) is 14.0. The molecule has 0 fully saturated rings. The van der Waals surface area contributed by atoms with E-state index in [2.05, 4.69) is 15.3 Å². The van der Waals surface area contributed by atoms with Crippen molar-refractivity contribution >= 4 is 40.6 Å². The van der Waals surface area contributed by atoms with Crippen LogP contribution in [0.15, 0.2) is 48.9 Å². The highest BCUT2D eigenvalue weighted by molar-refractivity contribution is 6.37. The van der Waals surface area contributed by atoms with Crippen LogP contribution in [-0.2, 0) is 0 Å². The Labute approximate surface area is 151 Å². The number of aromatic amines is 1. The summed E-state index contributed by atoms with van der Waals surface area (Å²) in [6.45, 7) is 0. The fourth-order valence-electron chi connectivity index (χ4n) is 2.17. The van der Waals surface area contributed by atoms with E-state index in [1.165, 1.54) is 36.8 Å². The van der Waals surface area contributed by atoms with Crippen LogP contribution in [0.4, 0.5) is 10.1 Å². The zero-order chi connectivity index (χ0) is 18.0. The summed E-state index contributed by atoms with van der Waals surface area (Å²) in [4.78, 5) is 31.2. The van der Waals surface area contributed by atoms with E-state index in [0.717, 1.165) is 0 Å². The fraction of sp³-hybridized carbons (Fsp3) is 0. The number of amides is 1. The summed E-state index contributed by atoms with van der Waals surface area (Å²) in [5.41, 5.74) is 0.433. The van der Waals surface area contributed by atoms with Gasteiger partial charge in [-0.1, -0.05) is 23.2 Å². The van der Waals surface area contributed by atoms with E-state index in [0.29, 0.717) is 5.69 Å². The number of rotatable bonds is 4. The quantitative estimate of drug-likeness (QED) is 0.524. The molecule has 0 aliphatic carbocycles. The molecule has 0 bridgehead atoms. The third kappa shape index (κ3) is 3.55. The van der Waals surface area contributed by atoms with Crippen LogP contribution in [0.5, 0.6) is 0 Å². The smallest absolute Gasteiger partial charge is 0.272 e. The Hall–Kier alpha value is -2.70. The van der Waals surface area contributed by atoms with E-state index in [1.54, 1.807) is 12.1 Å².